The Kier molecular flexibility index (Phi) is 6.23. The maximum absolute atomic E-state index is 5.26. The van der Waals surface area contributed by atoms with Crippen LogP contribution in [-0.4, -0.2) is 24.1 Å². The van der Waals surface area contributed by atoms with Gasteiger partial charge in [-0.1, -0.05) is 147 Å². The lowest BCUT2D eigenvalue weighted by Gasteiger charge is -2.21. The Labute approximate surface area is 306 Å². The number of rotatable bonds is 4. The first-order chi connectivity index (χ1) is 26.1. The van der Waals surface area contributed by atoms with Crippen molar-refractivity contribution in [1.82, 2.24) is 24.1 Å². The summed E-state index contributed by atoms with van der Waals surface area (Å²) in [4.78, 5) is 15.5. The van der Waals surface area contributed by atoms with E-state index in [0.29, 0.717) is 17.6 Å². The van der Waals surface area contributed by atoms with Crippen molar-refractivity contribution in [2.45, 2.75) is 19.3 Å². The first-order valence-corrected chi connectivity index (χ1v) is 18.1. The maximum atomic E-state index is 5.26. The maximum Gasteiger partial charge on any atom is 0.238 e. The first kappa shape index (κ1) is 29.8. The van der Waals surface area contributed by atoms with Crippen LogP contribution >= 0.6 is 0 Å². The Morgan fingerprint density at radius 1 is 0.434 bits per heavy atom. The van der Waals surface area contributed by atoms with E-state index in [0.717, 1.165) is 38.6 Å². The Bertz CT molecular complexity index is 3040. The fourth-order valence-electron chi connectivity index (χ4n) is 8.74. The number of aromatic nitrogens is 5. The molecule has 7 aromatic carbocycles. The minimum Gasteiger partial charge on any atom is -0.309 e. The Hall–Kier alpha value is -6.85. The van der Waals surface area contributed by atoms with Crippen LogP contribution in [0.15, 0.2) is 164 Å². The van der Waals surface area contributed by atoms with E-state index in [2.05, 4.69) is 169 Å². The zero-order valence-corrected chi connectivity index (χ0v) is 29.3. The number of hydrogen-bond acceptors (Lipinski definition) is 3. The quantitative estimate of drug-likeness (QED) is 0.186. The molecule has 1 aliphatic carbocycles. The molecule has 0 atom stereocenters. The van der Waals surface area contributed by atoms with E-state index in [4.69, 9.17) is 15.0 Å². The van der Waals surface area contributed by atoms with Gasteiger partial charge >= 0.3 is 0 Å². The highest BCUT2D eigenvalue weighted by Crippen LogP contribution is 2.52. The standard InChI is InChI=1S/C48H33N5/c1-48(2)38-23-10-6-22-37(38)43-39(48)28-27-36-35-21-9-11-24-40(35)52(44(36)43)32-18-14-17-31(29-32)46-49-45(30-15-4-3-5-16-30)50-47(51-46)53-41-25-12-7-19-33(41)34-20-8-13-26-42(34)53/h3-29H,1-2H3. The van der Waals surface area contributed by atoms with Crippen LogP contribution in [0.5, 0.6) is 0 Å². The molecule has 0 saturated heterocycles. The van der Waals surface area contributed by atoms with Crippen molar-refractivity contribution < 1.29 is 0 Å². The molecule has 0 aliphatic heterocycles. The van der Waals surface area contributed by atoms with Gasteiger partial charge in [0.2, 0.25) is 5.95 Å². The number of para-hydroxylation sites is 3. The molecule has 53 heavy (non-hydrogen) atoms. The lowest BCUT2D eigenvalue weighted by molar-refractivity contribution is 0.661. The molecule has 3 aromatic heterocycles. The molecule has 0 fully saturated rings. The van der Waals surface area contributed by atoms with Gasteiger partial charge in [-0.05, 0) is 47.0 Å². The van der Waals surface area contributed by atoms with E-state index in [1.807, 2.05) is 18.2 Å². The summed E-state index contributed by atoms with van der Waals surface area (Å²) in [5.41, 5.74) is 12.7. The van der Waals surface area contributed by atoms with Crippen LogP contribution in [0.2, 0.25) is 0 Å². The predicted octanol–water partition coefficient (Wildman–Crippen LogP) is 11.7. The highest BCUT2D eigenvalue weighted by molar-refractivity contribution is 6.15. The molecule has 1 aliphatic rings. The van der Waals surface area contributed by atoms with Crippen LogP contribution in [0.3, 0.4) is 0 Å². The van der Waals surface area contributed by atoms with Crippen LogP contribution < -0.4 is 0 Å². The van der Waals surface area contributed by atoms with Gasteiger partial charge in [-0.3, -0.25) is 4.57 Å². The van der Waals surface area contributed by atoms with Gasteiger partial charge in [0.05, 0.1) is 22.1 Å². The molecule has 0 N–H and O–H groups in total. The van der Waals surface area contributed by atoms with Gasteiger partial charge < -0.3 is 4.57 Å². The van der Waals surface area contributed by atoms with Crippen molar-refractivity contribution in [2.24, 2.45) is 0 Å². The largest absolute Gasteiger partial charge is 0.309 e. The molecule has 0 amide bonds. The summed E-state index contributed by atoms with van der Waals surface area (Å²) in [7, 11) is 0. The SMILES string of the molecule is CC1(C)c2ccccc2-c2c1ccc1c3ccccc3n(-c3cccc(-c4nc(-c5ccccc5)nc(-n5c6ccccc6c6ccccc65)n4)c3)c21. The molecule has 3 heterocycles. The van der Waals surface area contributed by atoms with Gasteiger partial charge in [-0.15, -0.1) is 0 Å². The molecule has 0 radical (unpaired) electrons. The van der Waals surface area contributed by atoms with Crippen LogP contribution in [0.1, 0.15) is 25.0 Å². The van der Waals surface area contributed by atoms with Gasteiger partial charge in [0, 0.05) is 49.3 Å². The van der Waals surface area contributed by atoms with E-state index in [-0.39, 0.29) is 5.41 Å². The molecule has 0 bridgehead atoms. The van der Waals surface area contributed by atoms with Crippen LogP contribution in [-0.2, 0) is 5.41 Å². The van der Waals surface area contributed by atoms with Crippen LogP contribution in [0.4, 0.5) is 0 Å². The molecule has 5 heteroatoms. The van der Waals surface area contributed by atoms with Crippen molar-refractivity contribution in [3.63, 3.8) is 0 Å². The van der Waals surface area contributed by atoms with E-state index in [1.54, 1.807) is 0 Å². The predicted molar refractivity (Wildman–Crippen MR) is 217 cm³/mol. The zero-order valence-electron chi connectivity index (χ0n) is 29.3. The number of hydrogen-bond donors (Lipinski definition) is 0. The molecular weight excluding hydrogens is 647 g/mol. The average Bonchev–Trinajstić information content (AvgIpc) is 3.81. The van der Waals surface area contributed by atoms with E-state index >= 15 is 0 Å². The van der Waals surface area contributed by atoms with Gasteiger partial charge in [-0.2, -0.15) is 9.97 Å². The second-order valence-corrected chi connectivity index (χ2v) is 14.5. The van der Waals surface area contributed by atoms with E-state index in [1.165, 1.54) is 44.1 Å². The third kappa shape index (κ3) is 4.28. The van der Waals surface area contributed by atoms with Gasteiger partial charge in [-0.25, -0.2) is 4.98 Å². The number of benzene rings is 7. The van der Waals surface area contributed by atoms with Crippen molar-refractivity contribution in [3.05, 3.63) is 175 Å². The van der Waals surface area contributed by atoms with Crippen molar-refractivity contribution in [1.29, 1.82) is 0 Å². The number of nitrogens with zero attached hydrogens (tertiary/aromatic N) is 5. The second kappa shape index (κ2) is 11.1. The Balaban J connectivity index is 1.18. The molecular formula is C48H33N5. The Morgan fingerprint density at radius 3 is 1.72 bits per heavy atom. The highest BCUT2D eigenvalue weighted by Gasteiger charge is 2.37. The lowest BCUT2D eigenvalue weighted by atomic mass is 9.82. The third-order valence-corrected chi connectivity index (χ3v) is 11.2. The summed E-state index contributed by atoms with van der Waals surface area (Å²) < 4.78 is 4.61. The minimum absolute atomic E-state index is 0.106. The fraction of sp³-hybridized carbons (Fsp3) is 0.0625. The molecule has 250 valence electrons. The van der Waals surface area contributed by atoms with Crippen molar-refractivity contribution in [2.75, 3.05) is 0 Å². The Morgan fingerprint density at radius 2 is 1.00 bits per heavy atom. The monoisotopic (exact) mass is 679 g/mol. The van der Waals surface area contributed by atoms with Gasteiger partial charge in [0.15, 0.2) is 11.6 Å². The molecule has 0 spiro atoms. The van der Waals surface area contributed by atoms with E-state index in [9.17, 15) is 0 Å². The molecule has 0 unspecified atom stereocenters. The molecule has 0 saturated carbocycles. The van der Waals surface area contributed by atoms with Gasteiger partial charge in [0.1, 0.15) is 0 Å². The fourth-order valence-corrected chi connectivity index (χ4v) is 8.74. The van der Waals surface area contributed by atoms with Crippen molar-refractivity contribution in [3.8, 4) is 45.5 Å². The normalized spacial score (nSPS) is 13.2. The summed E-state index contributed by atoms with van der Waals surface area (Å²) in [6, 6.07) is 58.1. The highest BCUT2D eigenvalue weighted by atomic mass is 15.2. The first-order valence-electron chi connectivity index (χ1n) is 18.1. The summed E-state index contributed by atoms with van der Waals surface area (Å²) in [6.45, 7) is 4.69. The summed E-state index contributed by atoms with van der Waals surface area (Å²) in [5, 5.41) is 4.81. The van der Waals surface area contributed by atoms with Crippen LogP contribution in [0, 0.1) is 0 Å². The zero-order chi connectivity index (χ0) is 35.3. The summed E-state index contributed by atoms with van der Waals surface area (Å²) in [6.07, 6.45) is 0. The second-order valence-electron chi connectivity index (χ2n) is 14.5. The van der Waals surface area contributed by atoms with Crippen molar-refractivity contribution >= 4 is 43.6 Å². The molecule has 5 nitrogen and oxygen atoms in total. The topological polar surface area (TPSA) is 48.5 Å². The van der Waals surface area contributed by atoms with Crippen LogP contribution in [0.25, 0.3) is 89.2 Å². The summed E-state index contributed by atoms with van der Waals surface area (Å²) in [5.74, 6) is 1.84. The van der Waals surface area contributed by atoms with E-state index < -0.39 is 0 Å². The smallest absolute Gasteiger partial charge is 0.238 e. The van der Waals surface area contributed by atoms with Gasteiger partial charge in [0.25, 0.3) is 0 Å². The molecule has 10 aromatic rings. The minimum atomic E-state index is -0.106. The third-order valence-electron chi connectivity index (χ3n) is 11.2. The molecule has 11 rings (SSSR count). The summed E-state index contributed by atoms with van der Waals surface area (Å²) >= 11 is 0. The lowest BCUT2D eigenvalue weighted by Crippen LogP contribution is -2.14. The average molecular weight is 680 g/mol. The number of fused-ring (bicyclic) bond motifs is 10.